The zero-order valence-corrected chi connectivity index (χ0v) is 14.0. The fourth-order valence-corrected chi connectivity index (χ4v) is 3.40. The second-order valence-corrected chi connectivity index (χ2v) is 7.85. The number of hydrogen-bond acceptors (Lipinski definition) is 2. The van der Waals surface area contributed by atoms with Crippen molar-refractivity contribution in [2.75, 3.05) is 13.1 Å². The first-order valence-electron chi connectivity index (χ1n) is 8.17. The molecule has 1 heterocycles. The summed E-state index contributed by atoms with van der Waals surface area (Å²) in [6.07, 6.45) is 4.63. The molecular formula is C17H31NO3. The zero-order chi connectivity index (χ0) is 16.0. The molecule has 1 aliphatic heterocycles. The van der Waals surface area contributed by atoms with Crippen LogP contribution in [0.1, 0.15) is 66.2 Å². The van der Waals surface area contributed by atoms with Gasteiger partial charge in [-0.15, -0.1) is 0 Å². The summed E-state index contributed by atoms with van der Waals surface area (Å²) in [7, 11) is 0. The summed E-state index contributed by atoms with van der Waals surface area (Å²) < 4.78 is 0. The number of carboxylic acids is 1. The summed E-state index contributed by atoms with van der Waals surface area (Å²) in [6, 6.07) is 0. The standard InChI is InChI=1S/C17H31NO3/c1-13(11-17(2,3)4)10-15(19)18-9-5-6-14(12-18)7-8-16(20)21/h13-14H,5-12H2,1-4H3,(H,20,21). The van der Waals surface area contributed by atoms with Gasteiger partial charge in [0.05, 0.1) is 0 Å². The van der Waals surface area contributed by atoms with Crippen LogP contribution in [0.2, 0.25) is 0 Å². The Bertz CT molecular complexity index is 360. The molecule has 122 valence electrons. The summed E-state index contributed by atoms with van der Waals surface area (Å²) in [6.45, 7) is 10.3. The van der Waals surface area contributed by atoms with Gasteiger partial charge in [0.1, 0.15) is 0 Å². The molecule has 4 nitrogen and oxygen atoms in total. The number of nitrogens with zero attached hydrogens (tertiary/aromatic N) is 1. The van der Waals surface area contributed by atoms with Crippen LogP contribution in [0.4, 0.5) is 0 Å². The summed E-state index contributed by atoms with van der Waals surface area (Å²) in [5.74, 6) is 0.262. The second-order valence-electron chi connectivity index (χ2n) is 7.85. The molecule has 1 aliphatic rings. The number of carboxylic acid groups (broad SMARTS) is 1. The van der Waals surface area contributed by atoms with Gasteiger partial charge in [-0.05, 0) is 42.9 Å². The molecule has 0 aliphatic carbocycles. The topological polar surface area (TPSA) is 57.6 Å². The van der Waals surface area contributed by atoms with E-state index in [4.69, 9.17) is 5.11 Å². The molecule has 1 saturated heterocycles. The maximum atomic E-state index is 12.4. The Labute approximate surface area is 128 Å². The molecule has 0 spiro atoms. The quantitative estimate of drug-likeness (QED) is 0.815. The van der Waals surface area contributed by atoms with Gasteiger partial charge in [0, 0.05) is 25.9 Å². The lowest BCUT2D eigenvalue weighted by Gasteiger charge is -2.34. The SMILES string of the molecule is CC(CC(=O)N1CCCC(CCC(=O)O)C1)CC(C)(C)C. The van der Waals surface area contributed by atoms with Gasteiger partial charge < -0.3 is 10.0 Å². The number of carbonyl (C=O) groups is 2. The first-order valence-corrected chi connectivity index (χ1v) is 8.17. The summed E-state index contributed by atoms with van der Waals surface area (Å²) in [5.41, 5.74) is 0.256. The van der Waals surface area contributed by atoms with E-state index in [1.807, 2.05) is 4.90 Å². The van der Waals surface area contributed by atoms with E-state index in [0.29, 0.717) is 24.7 Å². The van der Waals surface area contributed by atoms with Gasteiger partial charge in [-0.3, -0.25) is 9.59 Å². The molecule has 1 amide bonds. The van der Waals surface area contributed by atoms with Crippen LogP contribution in [0.3, 0.4) is 0 Å². The van der Waals surface area contributed by atoms with Crippen LogP contribution in [0.25, 0.3) is 0 Å². The van der Waals surface area contributed by atoms with E-state index < -0.39 is 5.97 Å². The summed E-state index contributed by atoms with van der Waals surface area (Å²) in [4.78, 5) is 25.0. The van der Waals surface area contributed by atoms with Crippen molar-refractivity contribution in [2.24, 2.45) is 17.3 Å². The van der Waals surface area contributed by atoms with Gasteiger partial charge in [0.15, 0.2) is 0 Å². The van der Waals surface area contributed by atoms with Crippen molar-refractivity contribution >= 4 is 11.9 Å². The average molecular weight is 297 g/mol. The first kappa shape index (κ1) is 18.0. The van der Waals surface area contributed by atoms with Gasteiger partial charge in [-0.1, -0.05) is 27.7 Å². The monoisotopic (exact) mass is 297 g/mol. The minimum absolute atomic E-state index is 0.215. The number of hydrogen-bond donors (Lipinski definition) is 1. The van der Waals surface area contributed by atoms with E-state index in [0.717, 1.165) is 32.4 Å². The maximum Gasteiger partial charge on any atom is 0.303 e. The van der Waals surface area contributed by atoms with Crippen molar-refractivity contribution < 1.29 is 14.7 Å². The fraction of sp³-hybridized carbons (Fsp3) is 0.882. The molecule has 1 fully saturated rings. The second kappa shape index (κ2) is 7.81. The van der Waals surface area contributed by atoms with Gasteiger partial charge >= 0.3 is 5.97 Å². The van der Waals surface area contributed by atoms with Crippen LogP contribution in [-0.4, -0.2) is 35.0 Å². The molecule has 4 heteroatoms. The maximum absolute atomic E-state index is 12.4. The third-order valence-corrected chi connectivity index (χ3v) is 4.12. The molecule has 0 bridgehead atoms. The van der Waals surface area contributed by atoms with E-state index in [-0.39, 0.29) is 17.7 Å². The molecule has 1 N–H and O–H groups in total. The van der Waals surface area contributed by atoms with Crippen molar-refractivity contribution in [3.63, 3.8) is 0 Å². The van der Waals surface area contributed by atoms with E-state index in [9.17, 15) is 9.59 Å². The molecular weight excluding hydrogens is 266 g/mol. The van der Waals surface area contributed by atoms with E-state index >= 15 is 0 Å². The highest BCUT2D eigenvalue weighted by molar-refractivity contribution is 5.76. The predicted octanol–water partition coefficient (Wildman–Crippen LogP) is 3.55. The lowest BCUT2D eigenvalue weighted by molar-refractivity contribution is -0.137. The highest BCUT2D eigenvalue weighted by Gasteiger charge is 2.26. The number of piperidine rings is 1. The van der Waals surface area contributed by atoms with Crippen LogP contribution < -0.4 is 0 Å². The number of aliphatic carboxylic acids is 1. The first-order chi connectivity index (χ1) is 9.67. The lowest BCUT2D eigenvalue weighted by atomic mass is 9.84. The van der Waals surface area contributed by atoms with Crippen molar-refractivity contribution in [2.45, 2.75) is 66.2 Å². The van der Waals surface area contributed by atoms with Gasteiger partial charge in [0.25, 0.3) is 0 Å². The van der Waals surface area contributed by atoms with Crippen LogP contribution in [-0.2, 0) is 9.59 Å². The van der Waals surface area contributed by atoms with Crippen molar-refractivity contribution in [1.29, 1.82) is 0 Å². The molecule has 2 atom stereocenters. The minimum atomic E-state index is -0.739. The molecule has 21 heavy (non-hydrogen) atoms. The van der Waals surface area contributed by atoms with Gasteiger partial charge in [-0.25, -0.2) is 0 Å². The summed E-state index contributed by atoms with van der Waals surface area (Å²) in [5, 5.41) is 8.77. The van der Waals surface area contributed by atoms with E-state index in [1.54, 1.807) is 0 Å². The Kier molecular flexibility index (Phi) is 6.69. The highest BCUT2D eigenvalue weighted by Crippen LogP contribution is 2.27. The van der Waals surface area contributed by atoms with Crippen molar-refractivity contribution in [3.8, 4) is 0 Å². The van der Waals surface area contributed by atoms with Gasteiger partial charge in [0.2, 0.25) is 5.91 Å². The molecule has 1 rings (SSSR count). The van der Waals surface area contributed by atoms with Crippen LogP contribution in [0, 0.1) is 17.3 Å². The van der Waals surface area contributed by atoms with E-state index in [2.05, 4.69) is 27.7 Å². The number of rotatable bonds is 6. The van der Waals surface area contributed by atoms with Gasteiger partial charge in [-0.2, -0.15) is 0 Å². The molecule has 0 aromatic carbocycles. The van der Waals surface area contributed by atoms with Crippen molar-refractivity contribution in [3.05, 3.63) is 0 Å². The Balaban J connectivity index is 2.41. The fourth-order valence-electron chi connectivity index (χ4n) is 3.40. The minimum Gasteiger partial charge on any atom is -0.481 e. The van der Waals surface area contributed by atoms with E-state index in [1.165, 1.54) is 0 Å². The average Bonchev–Trinajstić information content (AvgIpc) is 2.34. The number of amides is 1. The molecule has 0 radical (unpaired) electrons. The van der Waals surface area contributed by atoms with Crippen molar-refractivity contribution in [1.82, 2.24) is 4.90 Å². The van der Waals surface area contributed by atoms with Crippen LogP contribution in [0.5, 0.6) is 0 Å². The Morgan fingerprint density at radius 3 is 2.57 bits per heavy atom. The molecule has 0 aromatic rings. The Morgan fingerprint density at radius 1 is 1.33 bits per heavy atom. The molecule has 0 saturated carbocycles. The summed E-state index contributed by atoms with van der Waals surface area (Å²) >= 11 is 0. The molecule has 2 unspecified atom stereocenters. The number of likely N-dealkylation sites (tertiary alicyclic amines) is 1. The predicted molar refractivity (Wildman–Crippen MR) is 84.0 cm³/mol. The highest BCUT2D eigenvalue weighted by atomic mass is 16.4. The Hall–Kier alpha value is -1.06. The van der Waals surface area contributed by atoms with Crippen LogP contribution in [0.15, 0.2) is 0 Å². The largest absolute Gasteiger partial charge is 0.481 e. The van der Waals surface area contributed by atoms with Crippen LogP contribution >= 0.6 is 0 Å². The Morgan fingerprint density at radius 2 is 2.00 bits per heavy atom. The number of carbonyl (C=O) groups excluding carboxylic acids is 1. The normalized spacial score (nSPS) is 21.1. The third-order valence-electron chi connectivity index (χ3n) is 4.12. The third kappa shape index (κ3) is 7.49. The molecule has 0 aromatic heterocycles. The lowest BCUT2D eigenvalue weighted by Crippen LogP contribution is -2.40. The zero-order valence-electron chi connectivity index (χ0n) is 14.0. The smallest absolute Gasteiger partial charge is 0.303 e.